The first-order chi connectivity index (χ1) is 15.3. The molecule has 1 heterocycles. The highest BCUT2D eigenvalue weighted by Crippen LogP contribution is 2.36. The largest absolute Gasteiger partial charge is 0.472 e. The van der Waals surface area contributed by atoms with Crippen molar-refractivity contribution in [2.24, 2.45) is 0 Å². The standard InChI is InChI=1S/C26H23NO2P2/c1-2-27-25-15-13-19(28-30-21-9-5-3-6-10-21)17-23(25)24-18-20(14-16-26(24)27)29-31-22-11-7-4-8-12-22/h3-18,30-31H,2H2,1H3. The van der Waals surface area contributed by atoms with Gasteiger partial charge in [-0.25, -0.2) is 0 Å². The van der Waals surface area contributed by atoms with Gasteiger partial charge in [-0.05, 0) is 43.3 Å². The van der Waals surface area contributed by atoms with E-state index >= 15 is 0 Å². The summed E-state index contributed by atoms with van der Waals surface area (Å²) in [6.45, 7) is 3.10. The van der Waals surface area contributed by atoms with Crippen LogP contribution in [0.25, 0.3) is 21.8 Å². The molecule has 5 aromatic rings. The van der Waals surface area contributed by atoms with E-state index in [2.05, 4.69) is 72.2 Å². The molecule has 3 nitrogen and oxygen atoms in total. The number of fused-ring (bicyclic) bond motifs is 3. The molecule has 4 aromatic carbocycles. The van der Waals surface area contributed by atoms with Gasteiger partial charge in [-0.15, -0.1) is 0 Å². The van der Waals surface area contributed by atoms with Crippen LogP contribution in [0, 0.1) is 0 Å². The highest BCUT2D eigenvalue weighted by Gasteiger charge is 2.12. The predicted molar refractivity (Wildman–Crippen MR) is 135 cm³/mol. The number of aryl methyl sites for hydroxylation is 1. The Morgan fingerprint density at radius 1 is 0.613 bits per heavy atom. The summed E-state index contributed by atoms with van der Waals surface area (Å²) in [6.07, 6.45) is 0. The Labute approximate surface area is 185 Å². The van der Waals surface area contributed by atoms with E-state index < -0.39 is 0 Å². The van der Waals surface area contributed by atoms with Crippen molar-refractivity contribution >= 4 is 50.0 Å². The van der Waals surface area contributed by atoms with Gasteiger partial charge in [0, 0.05) is 39.0 Å². The Kier molecular flexibility index (Phi) is 5.89. The second-order valence-electron chi connectivity index (χ2n) is 7.24. The Bertz CT molecular complexity index is 1220. The van der Waals surface area contributed by atoms with Gasteiger partial charge in [-0.2, -0.15) is 0 Å². The van der Waals surface area contributed by atoms with E-state index in [0.29, 0.717) is 0 Å². The molecule has 0 aliphatic carbocycles. The van der Waals surface area contributed by atoms with Crippen molar-refractivity contribution in [3.8, 4) is 11.5 Å². The number of aromatic nitrogens is 1. The van der Waals surface area contributed by atoms with Crippen LogP contribution in [-0.4, -0.2) is 4.57 Å². The second kappa shape index (κ2) is 9.10. The highest BCUT2D eigenvalue weighted by molar-refractivity contribution is 7.42. The molecule has 0 fully saturated rings. The van der Waals surface area contributed by atoms with Crippen molar-refractivity contribution < 1.29 is 9.05 Å². The van der Waals surface area contributed by atoms with Gasteiger partial charge in [0.1, 0.15) is 29.1 Å². The summed E-state index contributed by atoms with van der Waals surface area (Å²) in [7, 11) is 0.577. The van der Waals surface area contributed by atoms with E-state index in [1.54, 1.807) is 0 Å². The number of hydrogen-bond acceptors (Lipinski definition) is 2. The van der Waals surface area contributed by atoms with Crippen molar-refractivity contribution in [1.82, 2.24) is 4.57 Å². The lowest BCUT2D eigenvalue weighted by Crippen LogP contribution is -1.95. The minimum absolute atomic E-state index is 0.288. The molecule has 5 heteroatoms. The molecule has 31 heavy (non-hydrogen) atoms. The number of rotatable bonds is 7. The minimum atomic E-state index is 0.288. The first kappa shape index (κ1) is 20.1. The van der Waals surface area contributed by atoms with Crippen molar-refractivity contribution in [3.05, 3.63) is 97.1 Å². The van der Waals surface area contributed by atoms with Gasteiger partial charge >= 0.3 is 0 Å². The molecular formula is C26H23NO2P2. The third-order valence-corrected chi connectivity index (χ3v) is 7.06. The van der Waals surface area contributed by atoms with E-state index in [9.17, 15) is 0 Å². The van der Waals surface area contributed by atoms with E-state index in [4.69, 9.17) is 9.05 Å². The van der Waals surface area contributed by atoms with Gasteiger partial charge in [-0.3, -0.25) is 0 Å². The summed E-state index contributed by atoms with van der Waals surface area (Å²) in [6, 6.07) is 33.4. The van der Waals surface area contributed by atoms with Gasteiger partial charge in [0.25, 0.3) is 0 Å². The van der Waals surface area contributed by atoms with Crippen molar-refractivity contribution in [2.45, 2.75) is 13.5 Å². The lowest BCUT2D eigenvalue weighted by Gasteiger charge is -2.07. The zero-order chi connectivity index (χ0) is 21.0. The molecule has 0 aliphatic heterocycles. The smallest absolute Gasteiger partial charge is 0.124 e. The number of nitrogens with zero attached hydrogens (tertiary/aromatic N) is 1. The van der Waals surface area contributed by atoms with Crippen molar-refractivity contribution in [1.29, 1.82) is 0 Å². The molecule has 0 saturated carbocycles. The van der Waals surface area contributed by atoms with Crippen LogP contribution in [-0.2, 0) is 6.54 Å². The average Bonchev–Trinajstić information content (AvgIpc) is 3.15. The summed E-state index contributed by atoms with van der Waals surface area (Å²) in [4.78, 5) is 0. The maximum absolute atomic E-state index is 6.12. The Balaban J connectivity index is 1.47. The van der Waals surface area contributed by atoms with Crippen LogP contribution < -0.4 is 19.7 Å². The number of benzene rings is 4. The van der Waals surface area contributed by atoms with Crippen LogP contribution in [0.2, 0.25) is 0 Å². The third kappa shape index (κ3) is 4.30. The molecule has 0 saturated heterocycles. The maximum Gasteiger partial charge on any atom is 0.124 e. The first-order valence-corrected chi connectivity index (χ1v) is 12.2. The van der Waals surface area contributed by atoms with E-state index in [1.165, 1.54) is 32.4 Å². The van der Waals surface area contributed by atoms with Crippen LogP contribution in [0.5, 0.6) is 11.5 Å². The normalized spacial score (nSPS) is 11.9. The monoisotopic (exact) mass is 443 g/mol. The predicted octanol–water partition coefficient (Wildman–Crippen LogP) is 6.41. The van der Waals surface area contributed by atoms with E-state index in [-0.39, 0.29) is 17.6 Å². The fraction of sp³-hybridized carbons (Fsp3) is 0.0769. The molecule has 2 atom stereocenters. The van der Waals surface area contributed by atoms with Gasteiger partial charge in [0.05, 0.1) is 0 Å². The van der Waals surface area contributed by atoms with Crippen LogP contribution >= 0.6 is 17.6 Å². The van der Waals surface area contributed by atoms with Crippen molar-refractivity contribution in [3.63, 3.8) is 0 Å². The van der Waals surface area contributed by atoms with Crippen LogP contribution in [0.3, 0.4) is 0 Å². The van der Waals surface area contributed by atoms with Crippen molar-refractivity contribution in [2.75, 3.05) is 0 Å². The molecule has 0 N–H and O–H groups in total. The Morgan fingerprint density at radius 2 is 1.06 bits per heavy atom. The SMILES string of the molecule is CCn1c2ccc(OPc3ccccc3)cc2c2cc(OPc3ccccc3)ccc21. The fourth-order valence-electron chi connectivity index (χ4n) is 3.78. The fourth-order valence-corrected chi connectivity index (χ4v) is 5.16. The summed E-state index contributed by atoms with van der Waals surface area (Å²) < 4.78 is 14.6. The highest BCUT2D eigenvalue weighted by atomic mass is 31.1. The quantitative estimate of drug-likeness (QED) is 0.271. The van der Waals surface area contributed by atoms with Gasteiger partial charge in [0.15, 0.2) is 0 Å². The van der Waals surface area contributed by atoms with Crippen LogP contribution in [0.1, 0.15) is 6.92 Å². The summed E-state index contributed by atoms with van der Waals surface area (Å²) in [5, 5.41) is 4.77. The zero-order valence-corrected chi connectivity index (χ0v) is 19.2. The van der Waals surface area contributed by atoms with E-state index in [1.807, 2.05) is 36.4 Å². The molecule has 5 rings (SSSR count). The van der Waals surface area contributed by atoms with Gasteiger partial charge in [-0.1, -0.05) is 60.7 Å². The summed E-state index contributed by atoms with van der Waals surface area (Å²) in [5.74, 6) is 1.78. The molecule has 154 valence electrons. The van der Waals surface area contributed by atoms with E-state index in [0.717, 1.165) is 18.0 Å². The van der Waals surface area contributed by atoms with Crippen LogP contribution in [0.4, 0.5) is 0 Å². The molecule has 2 unspecified atom stereocenters. The van der Waals surface area contributed by atoms with Gasteiger partial charge < -0.3 is 13.6 Å². The van der Waals surface area contributed by atoms with Gasteiger partial charge in [0.2, 0.25) is 0 Å². The molecule has 0 radical (unpaired) electrons. The maximum atomic E-state index is 6.12. The summed E-state index contributed by atoms with van der Waals surface area (Å²) in [5.41, 5.74) is 2.44. The number of hydrogen-bond donors (Lipinski definition) is 0. The van der Waals surface area contributed by atoms with Crippen LogP contribution in [0.15, 0.2) is 97.1 Å². The minimum Gasteiger partial charge on any atom is -0.472 e. The molecule has 0 amide bonds. The zero-order valence-electron chi connectivity index (χ0n) is 17.2. The molecule has 1 aromatic heterocycles. The Morgan fingerprint density at radius 3 is 1.48 bits per heavy atom. The lowest BCUT2D eigenvalue weighted by atomic mass is 10.1. The molecular weight excluding hydrogens is 420 g/mol. The molecule has 0 aliphatic rings. The second-order valence-corrected chi connectivity index (χ2v) is 9.21. The average molecular weight is 443 g/mol. The Hall–Kier alpha value is -2.86. The lowest BCUT2D eigenvalue weighted by molar-refractivity contribution is 0.639. The molecule has 0 spiro atoms. The summed E-state index contributed by atoms with van der Waals surface area (Å²) >= 11 is 0. The first-order valence-electron chi connectivity index (χ1n) is 10.3. The topological polar surface area (TPSA) is 23.4 Å². The molecule has 0 bridgehead atoms. The third-order valence-electron chi connectivity index (χ3n) is 5.25.